The number of hydrogen-bond acceptors (Lipinski definition) is 10. The van der Waals surface area contributed by atoms with Crippen LogP contribution < -0.4 is 10.1 Å². The summed E-state index contributed by atoms with van der Waals surface area (Å²) in [5.74, 6) is 0.636. The second kappa shape index (κ2) is 8.57. The average Bonchev–Trinajstić information content (AvgIpc) is 3.29. The molecule has 3 heterocycles. The number of ether oxygens (including phenoxy) is 2. The highest BCUT2D eigenvalue weighted by atomic mass is 16.6. The molecule has 1 aromatic carbocycles. The van der Waals surface area contributed by atoms with Crippen LogP contribution in [-0.2, 0) is 11.3 Å². The smallest absolute Gasteiger partial charge is 0.245 e. The number of fused-ring (bicyclic) bond motifs is 1. The Hall–Kier alpha value is -3.30. The predicted molar refractivity (Wildman–Crippen MR) is 115 cm³/mol. The van der Waals surface area contributed by atoms with Gasteiger partial charge in [0.25, 0.3) is 0 Å². The minimum Gasteiger partial charge on any atom is -0.471 e. The lowest BCUT2D eigenvalue weighted by atomic mass is 9.90. The lowest BCUT2D eigenvalue weighted by molar-refractivity contribution is -0.0289. The fourth-order valence-corrected chi connectivity index (χ4v) is 4.09. The van der Waals surface area contributed by atoms with Crippen molar-refractivity contribution in [1.29, 1.82) is 5.26 Å². The third kappa shape index (κ3) is 3.98. The molecule has 5 rings (SSSR count). The molecule has 33 heavy (non-hydrogen) atoms. The van der Waals surface area contributed by atoms with E-state index in [9.17, 15) is 15.3 Å². The number of aliphatic hydroxyl groups is 3. The van der Waals surface area contributed by atoms with Gasteiger partial charge in [-0.25, -0.2) is 9.97 Å². The summed E-state index contributed by atoms with van der Waals surface area (Å²) in [5, 5.41) is 42.7. The van der Waals surface area contributed by atoms with Crippen molar-refractivity contribution in [2.45, 2.75) is 63.1 Å². The molecule has 0 spiro atoms. The summed E-state index contributed by atoms with van der Waals surface area (Å²) >= 11 is 0. The standard InChI is InChI=1S/C22H24N6O5/c1-11-17(30)18(31)21(33-11)28-19-16(27-22(28)26-14-6-15(29)7-14)20(25-10-24-19)32-9-13-4-2-12(8-23)3-5-13/h2-5,10-11,14-15,17-18,21,29-31H,6-7,9H2,1H3,(H,26,27)/t11-,14?,15?,17-,18-,21-/m1/s1. The Balaban J connectivity index is 1.48. The average molecular weight is 452 g/mol. The van der Waals surface area contributed by atoms with Crippen LogP contribution in [0.3, 0.4) is 0 Å². The van der Waals surface area contributed by atoms with Crippen molar-refractivity contribution in [1.82, 2.24) is 19.5 Å². The zero-order chi connectivity index (χ0) is 23.1. The fourth-order valence-electron chi connectivity index (χ4n) is 4.09. The van der Waals surface area contributed by atoms with Crippen LogP contribution in [0.5, 0.6) is 5.88 Å². The molecule has 1 aliphatic heterocycles. The van der Waals surface area contributed by atoms with Gasteiger partial charge in [-0.2, -0.15) is 10.2 Å². The number of hydrogen-bond donors (Lipinski definition) is 4. The first kappa shape index (κ1) is 21.5. The highest BCUT2D eigenvalue weighted by Gasteiger charge is 2.43. The molecule has 1 aliphatic carbocycles. The third-order valence-electron chi connectivity index (χ3n) is 6.08. The maximum atomic E-state index is 10.6. The molecule has 0 amide bonds. The van der Waals surface area contributed by atoms with Crippen LogP contribution in [0.2, 0.25) is 0 Å². The second-order valence-electron chi connectivity index (χ2n) is 8.43. The molecule has 11 heteroatoms. The van der Waals surface area contributed by atoms with Crippen LogP contribution in [0.1, 0.15) is 37.1 Å². The van der Waals surface area contributed by atoms with Gasteiger partial charge in [0.05, 0.1) is 23.8 Å². The minimum absolute atomic E-state index is 0.00688. The summed E-state index contributed by atoms with van der Waals surface area (Å²) in [4.78, 5) is 13.2. The Morgan fingerprint density at radius 3 is 2.58 bits per heavy atom. The summed E-state index contributed by atoms with van der Waals surface area (Å²) in [5.41, 5.74) is 2.17. The number of nitrogens with zero attached hydrogens (tertiary/aromatic N) is 5. The zero-order valence-corrected chi connectivity index (χ0v) is 17.9. The highest BCUT2D eigenvalue weighted by molar-refractivity contribution is 5.79. The van der Waals surface area contributed by atoms with Gasteiger partial charge >= 0.3 is 0 Å². The van der Waals surface area contributed by atoms with E-state index in [-0.39, 0.29) is 24.6 Å². The van der Waals surface area contributed by atoms with Gasteiger partial charge in [0, 0.05) is 6.04 Å². The SMILES string of the molecule is C[C@H]1O[C@@H](n2c(NC3CC(O)C3)nc3c(OCc4ccc(C#N)cc4)ncnc32)[C@H](O)[C@@H]1O. The van der Waals surface area contributed by atoms with Gasteiger partial charge in [0.15, 0.2) is 17.4 Å². The number of anilines is 1. The first-order valence-corrected chi connectivity index (χ1v) is 10.8. The number of aromatic nitrogens is 4. The molecule has 4 N–H and O–H groups in total. The second-order valence-corrected chi connectivity index (χ2v) is 8.43. The van der Waals surface area contributed by atoms with E-state index in [1.165, 1.54) is 6.33 Å². The van der Waals surface area contributed by atoms with Gasteiger partial charge in [-0.3, -0.25) is 4.57 Å². The van der Waals surface area contributed by atoms with E-state index in [1.54, 1.807) is 35.8 Å². The Kier molecular flexibility index (Phi) is 5.59. The molecule has 11 nitrogen and oxygen atoms in total. The van der Waals surface area contributed by atoms with Crippen LogP contribution >= 0.6 is 0 Å². The molecule has 0 unspecified atom stereocenters. The molecular formula is C22H24N6O5. The van der Waals surface area contributed by atoms with E-state index in [4.69, 9.17) is 14.7 Å². The largest absolute Gasteiger partial charge is 0.471 e. The van der Waals surface area contributed by atoms with Crippen molar-refractivity contribution >= 4 is 17.1 Å². The number of benzene rings is 1. The lowest BCUT2D eigenvalue weighted by Gasteiger charge is -2.33. The fraction of sp³-hybridized carbons (Fsp3) is 0.455. The number of nitrogens with one attached hydrogen (secondary N) is 1. The number of nitriles is 1. The van der Waals surface area contributed by atoms with Crippen LogP contribution in [0.4, 0.5) is 5.95 Å². The van der Waals surface area contributed by atoms with Gasteiger partial charge in [-0.15, -0.1) is 0 Å². The highest BCUT2D eigenvalue weighted by Crippen LogP contribution is 2.37. The van der Waals surface area contributed by atoms with Crippen molar-refractivity contribution in [2.24, 2.45) is 0 Å². The molecule has 2 aliphatic rings. The van der Waals surface area contributed by atoms with Gasteiger partial charge in [0.2, 0.25) is 11.8 Å². The van der Waals surface area contributed by atoms with Gasteiger partial charge < -0.3 is 30.1 Å². The van der Waals surface area contributed by atoms with Crippen molar-refractivity contribution in [2.75, 3.05) is 5.32 Å². The monoisotopic (exact) mass is 452 g/mol. The van der Waals surface area contributed by atoms with E-state index in [0.29, 0.717) is 35.5 Å². The Bertz CT molecular complexity index is 1190. The minimum atomic E-state index is -1.18. The third-order valence-corrected chi connectivity index (χ3v) is 6.08. The topological polar surface area (TPSA) is 159 Å². The normalized spacial score (nSPS) is 28.9. The Morgan fingerprint density at radius 1 is 1.18 bits per heavy atom. The number of rotatable bonds is 6. The van der Waals surface area contributed by atoms with Crippen molar-refractivity contribution in [3.63, 3.8) is 0 Å². The molecule has 3 aromatic rings. The van der Waals surface area contributed by atoms with E-state index < -0.39 is 24.5 Å². The van der Waals surface area contributed by atoms with Crippen molar-refractivity contribution in [3.05, 3.63) is 41.7 Å². The first-order valence-electron chi connectivity index (χ1n) is 10.8. The number of aliphatic hydroxyl groups excluding tert-OH is 3. The Morgan fingerprint density at radius 2 is 1.94 bits per heavy atom. The van der Waals surface area contributed by atoms with Gasteiger partial charge in [0.1, 0.15) is 25.1 Å². The Labute approximate surface area is 189 Å². The molecule has 1 saturated carbocycles. The van der Waals surface area contributed by atoms with E-state index >= 15 is 0 Å². The van der Waals surface area contributed by atoms with Gasteiger partial charge in [-0.05, 0) is 37.5 Å². The summed E-state index contributed by atoms with van der Waals surface area (Å²) in [6.07, 6.45) is -1.59. The molecular weight excluding hydrogens is 428 g/mol. The predicted octanol–water partition coefficient (Wildman–Crippen LogP) is 0.851. The quantitative estimate of drug-likeness (QED) is 0.422. The zero-order valence-electron chi connectivity index (χ0n) is 17.9. The molecule has 0 radical (unpaired) electrons. The van der Waals surface area contributed by atoms with Crippen molar-refractivity contribution < 1.29 is 24.8 Å². The number of imidazole rings is 1. The van der Waals surface area contributed by atoms with E-state index in [0.717, 1.165) is 5.56 Å². The molecule has 4 atom stereocenters. The summed E-state index contributed by atoms with van der Waals surface area (Å²) in [6.45, 7) is 1.89. The van der Waals surface area contributed by atoms with E-state index in [2.05, 4.69) is 26.3 Å². The summed E-state index contributed by atoms with van der Waals surface area (Å²) in [6, 6.07) is 9.11. The van der Waals surface area contributed by atoms with Gasteiger partial charge in [-0.1, -0.05) is 12.1 Å². The summed E-state index contributed by atoms with van der Waals surface area (Å²) < 4.78 is 13.3. The first-order chi connectivity index (χ1) is 15.9. The lowest BCUT2D eigenvalue weighted by Crippen LogP contribution is -2.40. The van der Waals surface area contributed by atoms with Crippen LogP contribution in [0, 0.1) is 11.3 Å². The molecule has 1 saturated heterocycles. The molecule has 172 valence electrons. The van der Waals surface area contributed by atoms with Crippen LogP contribution in [0.15, 0.2) is 30.6 Å². The maximum Gasteiger partial charge on any atom is 0.245 e. The van der Waals surface area contributed by atoms with E-state index in [1.807, 2.05) is 0 Å². The summed E-state index contributed by atoms with van der Waals surface area (Å²) in [7, 11) is 0. The maximum absolute atomic E-state index is 10.6. The molecule has 0 bridgehead atoms. The van der Waals surface area contributed by atoms with Crippen LogP contribution in [-0.4, -0.2) is 65.3 Å². The molecule has 2 aromatic heterocycles. The molecule has 2 fully saturated rings. The van der Waals surface area contributed by atoms with Crippen LogP contribution in [0.25, 0.3) is 11.2 Å². The van der Waals surface area contributed by atoms with Crippen molar-refractivity contribution in [3.8, 4) is 11.9 Å².